The highest BCUT2D eigenvalue weighted by atomic mass is 16.5. The molecule has 0 amide bonds. The molecule has 0 unspecified atom stereocenters. The van der Waals surface area contributed by atoms with Gasteiger partial charge in [-0.25, -0.2) is 0 Å². The third kappa shape index (κ3) is 5.19. The molecule has 0 bridgehead atoms. The van der Waals surface area contributed by atoms with Crippen LogP contribution >= 0.6 is 0 Å². The molecule has 0 saturated heterocycles. The Morgan fingerprint density at radius 3 is 2.72 bits per heavy atom. The highest BCUT2D eigenvalue weighted by molar-refractivity contribution is 5.05. The molecule has 0 aliphatic carbocycles. The van der Waals surface area contributed by atoms with Gasteiger partial charge < -0.3 is 9.84 Å². The Morgan fingerprint density at radius 2 is 2.11 bits per heavy atom. The van der Waals surface area contributed by atoms with Gasteiger partial charge >= 0.3 is 0 Å². The summed E-state index contributed by atoms with van der Waals surface area (Å²) in [7, 11) is 0. The molecule has 0 saturated carbocycles. The molecule has 0 atom stereocenters. The summed E-state index contributed by atoms with van der Waals surface area (Å²) in [4.78, 5) is 2.41. The lowest BCUT2D eigenvalue weighted by molar-refractivity contribution is 0.188. The van der Waals surface area contributed by atoms with E-state index in [4.69, 9.17) is 4.52 Å². The van der Waals surface area contributed by atoms with Gasteiger partial charge in [-0.2, -0.15) is 0 Å². The largest absolute Gasteiger partial charge is 0.360 e. The second-order valence-corrected chi connectivity index (χ2v) is 5.03. The molecule has 0 radical (unpaired) electrons. The number of hydrogen-bond donors (Lipinski definition) is 1. The normalized spacial score (nSPS) is 11.7. The molecule has 1 heterocycles. The lowest BCUT2D eigenvalue weighted by Gasteiger charge is -2.24. The molecule has 1 aromatic heterocycles. The molecule has 1 rings (SSSR count). The van der Waals surface area contributed by atoms with Gasteiger partial charge in [-0.3, -0.25) is 4.90 Å². The molecular weight excluding hydrogens is 226 g/mol. The van der Waals surface area contributed by atoms with Crippen LogP contribution in [0.5, 0.6) is 0 Å². The van der Waals surface area contributed by atoms with E-state index in [0.29, 0.717) is 6.04 Å². The van der Waals surface area contributed by atoms with E-state index in [-0.39, 0.29) is 0 Å². The van der Waals surface area contributed by atoms with Gasteiger partial charge in [0.05, 0.1) is 12.2 Å². The molecular formula is C14H27N3O. The van der Waals surface area contributed by atoms with Crippen LogP contribution in [-0.2, 0) is 13.1 Å². The van der Waals surface area contributed by atoms with E-state index in [1.165, 1.54) is 0 Å². The Morgan fingerprint density at radius 1 is 1.33 bits per heavy atom. The van der Waals surface area contributed by atoms with Gasteiger partial charge in [-0.1, -0.05) is 19.0 Å². The summed E-state index contributed by atoms with van der Waals surface area (Å²) < 4.78 is 5.39. The maximum absolute atomic E-state index is 5.39. The van der Waals surface area contributed by atoms with Crippen LogP contribution in [0.4, 0.5) is 0 Å². The fourth-order valence-corrected chi connectivity index (χ4v) is 1.91. The monoisotopic (exact) mass is 253 g/mol. The minimum Gasteiger partial charge on any atom is -0.360 e. The minimum atomic E-state index is 0.539. The molecule has 0 aromatic carbocycles. The molecule has 18 heavy (non-hydrogen) atoms. The molecule has 0 aliphatic heterocycles. The van der Waals surface area contributed by atoms with E-state index in [9.17, 15) is 0 Å². The van der Waals surface area contributed by atoms with Crippen molar-refractivity contribution >= 4 is 0 Å². The highest BCUT2D eigenvalue weighted by Gasteiger charge is 2.12. The second-order valence-electron chi connectivity index (χ2n) is 5.03. The van der Waals surface area contributed by atoms with Crippen LogP contribution in [0.1, 0.15) is 52.0 Å². The van der Waals surface area contributed by atoms with Crippen molar-refractivity contribution in [1.82, 2.24) is 15.4 Å². The van der Waals surface area contributed by atoms with Gasteiger partial charge in [-0.05, 0) is 39.8 Å². The van der Waals surface area contributed by atoms with E-state index in [2.05, 4.69) is 49.1 Å². The molecule has 4 nitrogen and oxygen atoms in total. The summed E-state index contributed by atoms with van der Waals surface area (Å²) in [6.45, 7) is 12.6. The summed E-state index contributed by atoms with van der Waals surface area (Å²) in [5, 5.41) is 7.43. The maximum atomic E-state index is 5.39. The van der Waals surface area contributed by atoms with Crippen molar-refractivity contribution in [2.75, 3.05) is 13.1 Å². The standard InChI is InChI=1S/C14H27N3O/c1-5-7-15-10-13-9-14(18-16-13)11-17(8-6-2)12(3)4/h9,12,15H,5-8,10-11H2,1-4H3. The minimum absolute atomic E-state index is 0.539. The van der Waals surface area contributed by atoms with Gasteiger partial charge in [0.2, 0.25) is 0 Å². The van der Waals surface area contributed by atoms with Gasteiger partial charge in [0, 0.05) is 18.7 Å². The van der Waals surface area contributed by atoms with Crippen molar-refractivity contribution in [2.24, 2.45) is 0 Å². The molecule has 0 spiro atoms. The van der Waals surface area contributed by atoms with Gasteiger partial charge in [0.1, 0.15) is 0 Å². The predicted octanol–water partition coefficient (Wildman–Crippen LogP) is 2.79. The molecule has 0 aliphatic rings. The van der Waals surface area contributed by atoms with Crippen LogP contribution < -0.4 is 5.32 Å². The van der Waals surface area contributed by atoms with Crippen LogP contribution in [0, 0.1) is 0 Å². The molecule has 0 fully saturated rings. The van der Waals surface area contributed by atoms with E-state index >= 15 is 0 Å². The zero-order chi connectivity index (χ0) is 13.4. The summed E-state index contributed by atoms with van der Waals surface area (Å²) in [6, 6.07) is 2.60. The fraction of sp³-hybridized carbons (Fsp3) is 0.786. The van der Waals surface area contributed by atoms with Crippen molar-refractivity contribution in [3.8, 4) is 0 Å². The summed E-state index contributed by atoms with van der Waals surface area (Å²) >= 11 is 0. The van der Waals surface area contributed by atoms with E-state index < -0.39 is 0 Å². The van der Waals surface area contributed by atoms with Crippen molar-refractivity contribution in [3.63, 3.8) is 0 Å². The lowest BCUT2D eigenvalue weighted by atomic mass is 10.2. The maximum Gasteiger partial charge on any atom is 0.151 e. The zero-order valence-corrected chi connectivity index (χ0v) is 12.2. The van der Waals surface area contributed by atoms with Crippen LogP contribution in [0.3, 0.4) is 0 Å². The predicted molar refractivity (Wildman–Crippen MR) is 74.3 cm³/mol. The van der Waals surface area contributed by atoms with Gasteiger partial charge in [0.15, 0.2) is 5.76 Å². The highest BCUT2D eigenvalue weighted by Crippen LogP contribution is 2.10. The Labute approximate surface area is 111 Å². The fourth-order valence-electron chi connectivity index (χ4n) is 1.91. The molecule has 4 heteroatoms. The second kappa shape index (κ2) is 8.27. The van der Waals surface area contributed by atoms with Gasteiger partial charge in [0.25, 0.3) is 0 Å². The average Bonchev–Trinajstić information content (AvgIpc) is 2.76. The summed E-state index contributed by atoms with van der Waals surface area (Å²) in [6.07, 6.45) is 2.31. The number of hydrogen-bond acceptors (Lipinski definition) is 4. The number of rotatable bonds is 9. The first-order valence-electron chi connectivity index (χ1n) is 7.06. The van der Waals surface area contributed by atoms with Crippen molar-refractivity contribution in [2.45, 2.75) is 59.7 Å². The number of nitrogens with one attached hydrogen (secondary N) is 1. The third-order valence-corrected chi connectivity index (χ3v) is 2.94. The molecule has 104 valence electrons. The quantitative estimate of drug-likeness (QED) is 0.687. The average molecular weight is 253 g/mol. The molecule has 1 N–H and O–H groups in total. The Bertz CT molecular complexity index is 323. The first-order chi connectivity index (χ1) is 8.67. The van der Waals surface area contributed by atoms with E-state index in [1.54, 1.807) is 0 Å². The smallest absolute Gasteiger partial charge is 0.151 e. The Hall–Kier alpha value is -0.870. The summed E-state index contributed by atoms with van der Waals surface area (Å²) in [5.41, 5.74) is 0.999. The SMILES string of the molecule is CCCNCc1cc(CN(CCC)C(C)C)on1. The Balaban J connectivity index is 2.46. The molecule has 1 aromatic rings. The van der Waals surface area contributed by atoms with Crippen molar-refractivity contribution in [1.29, 1.82) is 0 Å². The summed E-state index contributed by atoms with van der Waals surface area (Å²) in [5.74, 6) is 0.963. The first-order valence-corrected chi connectivity index (χ1v) is 7.06. The zero-order valence-electron chi connectivity index (χ0n) is 12.2. The van der Waals surface area contributed by atoms with E-state index in [1.807, 2.05) is 0 Å². The Kier molecular flexibility index (Phi) is 6.98. The van der Waals surface area contributed by atoms with Crippen molar-refractivity contribution in [3.05, 3.63) is 17.5 Å². The third-order valence-electron chi connectivity index (χ3n) is 2.94. The van der Waals surface area contributed by atoms with Crippen LogP contribution in [-0.4, -0.2) is 29.2 Å². The topological polar surface area (TPSA) is 41.3 Å². The van der Waals surface area contributed by atoms with Crippen LogP contribution in [0.25, 0.3) is 0 Å². The van der Waals surface area contributed by atoms with Crippen LogP contribution in [0.15, 0.2) is 10.6 Å². The van der Waals surface area contributed by atoms with Crippen LogP contribution in [0.2, 0.25) is 0 Å². The van der Waals surface area contributed by atoms with E-state index in [0.717, 1.165) is 50.5 Å². The van der Waals surface area contributed by atoms with Gasteiger partial charge in [-0.15, -0.1) is 0 Å². The van der Waals surface area contributed by atoms with Crippen molar-refractivity contribution < 1.29 is 4.52 Å². The number of nitrogens with zero attached hydrogens (tertiary/aromatic N) is 2. The first kappa shape index (κ1) is 15.2. The number of aromatic nitrogens is 1. The lowest BCUT2D eigenvalue weighted by Crippen LogP contribution is -2.30.